The van der Waals surface area contributed by atoms with E-state index in [1.165, 1.54) is 49.7 Å². The highest BCUT2D eigenvalue weighted by Gasteiger charge is 2.46. The number of benzene rings is 6. The standard InChI is InChI=1S/C47H36N2/c1-46(2,3)37-26-35(45-39-18-7-6-13-31(39)23-24-48-45)27-38(29-37)47(42-21-10-8-19-40(42)41-20-9-11-22-43(41)47)36-17-12-16-33(25-36)44-28-32-14-4-5-15-34(32)30-49-44/h4-30H,1-3H3. The summed E-state index contributed by atoms with van der Waals surface area (Å²) in [5.74, 6) is 0. The van der Waals surface area contributed by atoms with Gasteiger partial charge < -0.3 is 0 Å². The quantitative estimate of drug-likeness (QED) is 0.194. The molecule has 0 atom stereocenters. The summed E-state index contributed by atoms with van der Waals surface area (Å²) in [6, 6.07) is 55.5. The molecule has 0 spiro atoms. The van der Waals surface area contributed by atoms with E-state index >= 15 is 0 Å². The lowest BCUT2D eigenvalue weighted by molar-refractivity contribution is 0.587. The molecule has 0 N–H and O–H groups in total. The Kier molecular flexibility index (Phi) is 6.64. The second-order valence-electron chi connectivity index (χ2n) is 14.3. The molecule has 8 aromatic rings. The molecule has 1 aliphatic rings. The summed E-state index contributed by atoms with van der Waals surface area (Å²) < 4.78 is 0. The molecule has 1 aliphatic carbocycles. The first-order valence-electron chi connectivity index (χ1n) is 17.1. The van der Waals surface area contributed by atoms with E-state index in [0.717, 1.165) is 33.3 Å². The lowest BCUT2D eigenvalue weighted by Gasteiger charge is -2.36. The van der Waals surface area contributed by atoms with Crippen LogP contribution < -0.4 is 0 Å². The van der Waals surface area contributed by atoms with Crippen LogP contribution in [0.5, 0.6) is 0 Å². The highest BCUT2D eigenvalue weighted by atomic mass is 14.7. The van der Waals surface area contributed by atoms with Gasteiger partial charge in [0.05, 0.1) is 16.8 Å². The average molecular weight is 629 g/mol. The minimum absolute atomic E-state index is 0.0922. The van der Waals surface area contributed by atoms with Gasteiger partial charge in [0, 0.05) is 34.3 Å². The number of hydrogen-bond donors (Lipinski definition) is 0. The maximum absolute atomic E-state index is 5.02. The minimum Gasteiger partial charge on any atom is -0.256 e. The molecule has 6 aromatic carbocycles. The van der Waals surface area contributed by atoms with Crippen molar-refractivity contribution in [2.45, 2.75) is 31.6 Å². The topological polar surface area (TPSA) is 25.8 Å². The molecule has 0 fully saturated rings. The first kappa shape index (κ1) is 29.3. The predicted molar refractivity (Wildman–Crippen MR) is 204 cm³/mol. The molecule has 0 aliphatic heterocycles. The molecule has 2 heterocycles. The van der Waals surface area contributed by atoms with Crippen molar-refractivity contribution in [3.05, 3.63) is 192 Å². The summed E-state index contributed by atoms with van der Waals surface area (Å²) in [4.78, 5) is 9.97. The summed E-state index contributed by atoms with van der Waals surface area (Å²) in [5, 5.41) is 4.69. The van der Waals surface area contributed by atoms with Crippen LogP contribution in [0.2, 0.25) is 0 Å². The van der Waals surface area contributed by atoms with E-state index in [0.29, 0.717) is 0 Å². The summed E-state index contributed by atoms with van der Waals surface area (Å²) in [6.45, 7) is 6.92. The van der Waals surface area contributed by atoms with E-state index < -0.39 is 5.41 Å². The summed E-state index contributed by atoms with van der Waals surface area (Å²) in [6.07, 6.45) is 3.93. The number of rotatable bonds is 4. The summed E-state index contributed by atoms with van der Waals surface area (Å²) in [7, 11) is 0. The smallest absolute Gasteiger partial charge is 0.0780 e. The molecule has 0 saturated carbocycles. The van der Waals surface area contributed by atoms with Gasteiger partial charge >= 0.3 is 0 Å². The predicted octanol–water partition coefficient (Wildman–Crippen LogP) is 11.8. The Hall–Kier alpha value is -5.86. The molecule has 2 aromatic heterocycles. The molecule has 234 valence electrons. The van der Waals surface area contributed by atoms with E-state index in [1.807, 2.05) is 12.4 Å². The molecule has 2 heteroatoms. The van der Waals surface area contributed by atoms with Crippen molar-refractivity contribution in [1.29, 1.82) is 0 Å². The third-order valence-corrected chi connectivity index (χ3v) is 10.4. The lowest BCUT2D eigenvalue weighted by Crippen LogP contribution is -2.29. The maximum Gasteiger partial charge on any atom is 0.0780 e. The van der Waals surface area contributed by atoms with Gasteiger partial charge in [-0.25, -0.2) is 0 Å². The molecule has 0 radical (unpaired) electrons. The molecular weight excluding hydrogens is 593 g/mol. The first-order valence-corrected chi connectivity index (χ1v) is 17.1. The number of fused-ring (bicyclic) bond motifs is 5. The van der Waals surface area contributed by atoms with Crippen molar-refractivity contribution >= 4 is 21.5 Å². The van der Waals surface area contributed by atoms with Gasteiger partial charge in [-0.1, -0.05) is 142 Å². The van der Waals surface area contributed by atoms with Gasteiger partial charge in [-0.3, -0.25) is 9.97 Å². The first-order chi connectivity index (χ1) is 23.9. The molecule has 0 amide bonds. The largest absolute Gasteiger partial charge is 0.256 e. The third kappa shape index (κ3) is 4.63. The monoisotopic (exact) mass is 628 g/mol. The van der Waals surface area contributed by atoms with E-state index in [-0.39, 0.29) is 5.41 Å². The molecule has 0 unspecified atom stereocenters. The minimum atomic E-state index is -0.569. The second-order valence-corrected chi connectivity index (χ2v) is 14.3. The number of nitrogens with zero attached hydrogens (tertiary/aromatic N) is 2. The Morgan fingerprint density at radius 1 is 0.490 bits per heavy atom. The van der Waals surface area contributed by atoms with Crippen molar-refractivity contribution in [2.24, 2.45) is 0 Å². The molecule has 0 saturated heterocycles. The number of pyridine rings is 2. The highest BCUT2D eigenvalue weighted by Crippen LogP contribution is 2.57. The van der Waals surface area contributed by atoms with Crippen LogP contribution >= 0.6 is 0 Å². The van der Waals surface area contributed by atoms with Crippen molar-refractivity contribution in [1.82, 2.24) is 9.97 Å². The van der Waals surface area contributed by atoms with E-state index in [9.17, 15) is 0 Å². The molecule has 49 heavy (non-hydrogen) atoms. The second kappa shape index (κ2) is 11.1. The van der Waals surface area contributed by atoms with Crippen LogP contribution in [0.15, 0.2) is 164 Å². The van der Waals surface area contributed by atoms with Crippen molar-refractivity contribution in [3.8, 4) is 33.6 Å². The number of aromatic nitrogens is 2. The molecule has 9 rings (SSSR count). The SMILES string of the molecule is CC(C)(C)c1cc(-c2nccc3ccccc23)cc(C2(c3cccc(-c4cc5ccccc5cn4)c3)c3ccccc3-c3ccccc32)c1. The van der Waals surface area contributed by atoms with Crippen LogP contribution in [-0.4, -0.2) is 9.97 Å². The van der Waals surface area contributed by atoms with E-state index in [4.69, 9.17) is 9.97 Å². The Balaban J connectivity index is 1.37. The lowest BCUT2D eigenvalue weighted by atomic mass is 9.66. The zero-order valence-corrected chi connectivity index (χ0v) is 28.0. The van der Waals surface area contributed by atoms with Crippen LogP contribution in [0.25, 0.3) is 55.2 Å². The van der Waals surface area contributed by atoms with Gasteiger partial charge in [0.25, 0.3) is 0 Å². The van der Waals surface area contributed by atoms with Gasteiger partial charge in [0.15, 0.2) is 0 Å². The van der Waals surface area contributed by atoms with Gasteiger partial charge in [0.2, 0.25) is 0 Å². The fourth-order valence-corrected chi connectivity index (χ4v) is 7.94. The third-order valence-electron chi connectivity index (χ3n) is 10.4. The summed E-state index contributed by atoms with van der Waals surface area (Å²) >= 11 is 0. The van der Waals surface area contributed by atoms with Gasteiger partial charge in [-0.05, 0) is 85.5 Å². The Morgan fingerprint density at radius 2 is 1.14 bits per heavy atom. The zero-order valence-electron chi connectivity index (χ0n) is 28.0. The van der Waals surface area contributed by atoms with Gasteiger partial charge in [-0.15, -0.1) is 0 Å². The van der Waals surface area contributed by atoms with E-state index in [2.05, 4.69) is 172 Å². The van der Waals surface area contributed by atoms with Crippen LogP contribution in [0, 0.1) is 0 Å². The Bertz CT molecular complexity index is 2500. The molecular formula is C47H36N2. The average Bonchev–Trinajstić information content (AvgIpc) is 3.45. The van der Waals surface area contributed by atoms with Gasteiger partial charge in [0.1, 0.15) is 0 Å². The van der Waals surface area contributed by atoms with E-state index in [1.54, 1.807) is 0 Å². The number of hydrogen-bond acceptors (Lipinski definition) is 2. The fraction of sp³-hybridized carbons (Fsp3) is 0.106. The van der Waals surface area contributed by atoms with Crippen molar-refractivity contribution < 1.29 is 0 Å². The van der Waals surface area contributed by atoms with Crippen molar-refractivity contribution in [2.75, 3.05) is 0 Å². The Morgan fingerprint density at radius 3 is 1.90 bits per heavy atom. The zero-order chi connectivity index (χ0) is 33.2. The molecule has 0 bridgehead atoms. The van der Waals surface area contributed by atoms with Crippen LogP contribution in [-0.2, 0) is 10.8 Å². The van der Waals surface area contributed by atoms with Crippen molar-refractivity contribution in [3.63, 3.8) is 0 Å². The summed E-state index contributed by atoms with van der Waals surface area (Å²) in [5.41, 5.74) is 12.4. The fourth-order valence-electron chi connectivity index (χ4n) is 7.94. The van der Waals surface area contributed by atoms with Gasteiger partial charge in [-0.2, -0.15) is 0 Å². The van der Waals surface area contributed by atoms with Crippen LogP contribution in [0.4, 0.5) is 0 Å². The normalized spacial score (nSPS) is 13.4. The Labute approximate surface area is 287 Å². The van der Waals surface area contributed by atoms with Crippen LogP contribution in [0.1, 0.15) is 48.6 Å². The molecule has 2 nitrogen and oxygen atoms in total. The van der Waals surface area contributed by atoms with Crippen LogP contribution in [0.3, 0.4) is 0 Å². The highest BCUT2D eigenvalue weighted by molar-refractivity contribution is 5.95. The maximum atomic E-state index is 5.02.